The van der Waals surface area contributed by atoms with Gasteiger partial charge in [0.05, 0.1) is 16.8 Å². The summed E-state index contributed by atoms with van der Waals surface area (Å²) >= 11 is 9.51. The predicted octanol–water partition coefficient (Wildman–Crippen LogP) is 4.82. The number of hydrogen-bond acceptors (Lipinski definition) is 3. The Morgan fingerprint density at radius 3 is 2.80 bits per heavy atom. The van der Waals surface area contributed by atoms with Gasteiger partial charge in [0.1, 0.15) is 5.75 Å². The zero-order valence-corrected chi connectivity index (χ0v) is 13.3. The van der Waals surface area contributed by atoms with Crippen LogP contribution in [0.1, 0.15) is 12.5 Å². The van der Waals surface area contributed by atoms with Crippen LogP contribution in [0.2, 0.25) is 5.02 Å². The second-order valence-corrected chi connectivity index (χ2v) is 5.51. The Labute approximate surface area is 131 Å². The van der Waals surface area contributed by atoms with Crippen LogP contribution in [0.25, 0.3) is 0 Å². The first-order valence-electron chi connectivity index (χ1n) is 6.23. The highest BCUT2D eigenvalue weighted by Gasteiger charge is 2.10. The molecule has 0 radical (unpaired) electrons. The first kappa shape index (κ1) is 15.0. The average Bonchev–Trinajstić information content (AvgIpc) is 2.40. The molecule has 0 saturated heterocycles. The first-order valence-corrected chi connectivity index (χ1v) is 7.41. The molecule has 0 saturated carbocycles. The summed E-state index contributed by atoms with van der Waals surface area (Å²) in [5.74, 6) is 0.985. The second kappa shape index (κ2) is 6.86. The molecule has 106 valence electrons. The van der Waals surface area contributed by atoms with Crippen LogP contribution in [0.3, 0.4) is 0 Å². The van der Waals surface area contributed by atoms with Gasteiger partial charge in [0.2, 0.25) is 0 Å². The standard InChI is InChI=1S/C15H15BrClNO2/c1-2-20-15-13(16)7-11(17)8-14(15)18-9-10-4-3-5-12(19)6-10/h3-8,18-19H,2,9H2,1H3. The maximum atomic E-state index is 9.46. The minimum absolute atomic E-state index is 0.251. The molecule has 0 atom stereocenters. The van der Waals surface area contributed by atoms with E-state index in [2.05, 4.69) is 21.2 Å². The monoisotopic (exact) mass is 355 g/mol. The second-order valence-electron chi connectivity index (χ2n) is 4.22. The van der Waals surface area contributed by atoms with E-state index in [-0.39, 0.29) is 5.75 Å². The molecular weight excluding hydrogens is 342 g/mol. The molecule has 3 nitrogen and oxygen atoms in total. The number of benzene rings is 2. The van der Waals surface area contributed by atoms with E-state index < -0.39 is 0 Å². The summed E-state index contributed by atoms with van der Waals surface area (Å²) in [5, 5.41) is 13.4. The normalized spacial score (nSPS) is 10.3. The van der Waals surface area contributed by atoms with Crippen molar-refractivity contribution in [3.05, 3.63) is 51.5 Å². The highest BCUT2D eigenvalue weighted by atomic mass is 79.9. The van der Waals surface area contributed by atoms with Crippen LogP contribution < -0.4 is 10.1 Å². The van der Waals surface area contributed by atoms with Gasteiger partial charge < -0.3 is 15.2 Å². The summed E-state index contributed by atoms with van der Waals surface area (Å²) in [7, 11) is 0. The molecule has 2 rings (SSSR count). The van der Waals surface area contributed by atoms with Crippen molar-refractivity contribution in [1.29, 1.82) is 0 Å². The summed E-state index contributed by atoms with van der Waals surface area (Å²) in [6.45, 7) is 3.07. The Bertz CT molecular complexity index is 604. The van der Waals surface area contributed by atoms with Crippen LogP contribution in [0.5, 0.6) is 11.5 Å². The molecule has 0 aliphatic rings. The molecule has 2 aromatic carbocycles. The van der Waals surface area contributed by atoms with Crippen molar-refractivity contribution in [2.24, 2.45) is 0 Å². The van der Waals surface area contributed by atoms with Crippen LogP contribution in [-0.2, 0) is 6.54 Å². The highest BCUT2D eigenvalue weighted by Crippen LogP contribution is 2.36. The number of hydrogen-bond donors (Lipinski definition) is 2. The fraction of sp³-hybridized carbons (Fsp3) is 0.200. The number of ether oxygens (including phenoxy) is 1. The van der Waals surface area contributed by atoms with Gasteiger partial charge in [-0.2, -0.15) is 0 Å². The van der Waals surface area contributed by atoms with Crippen LogP contribution in [0.15, 0.2) is 40.9 Å². The average molecular weight is 357 g/mol. The van der Waals surface area contributed by atoms with E-state index in [1.807, 2.05) is 25.1 Å². The molecule has 0 aliphatic carbocycles. The van der Waals surface area contributed by atoms with Gasteiger partial charge in [-0.05, 0) is 52.7 Å². The molecular formula is C15H15BrClNO2. The Balaban J connectivity index is 2.20. The molecule has 0 bridgehead atoms. The maximum Gasteiger partial charge on any atom is 0.156 e. The number of halogens is 2. The van der Waals surface area contributed by atoms with Crippen molar-refractivity contribution in [3.63, 3.8) is 0 Å². The van der Waals surface area contributed by atoms with Crippen LogP contribution >= 0.6 is 27.5 Å². The SMILES string of the molecule is CCOc1c(Br)cc(Cl)cc1NCc1cccc(O)c1. The largest absolute Gasteiger partial charge is 0.508 e. The van der Waals surface area contributed by atoms with E-state index in [4.69, 9.17) is 16.3 Å². The zero-order chi connectivity index (χ0) is 14.5. The number of rotatable bonds is 5. The van der Waals surface area contributed by atoms with Crippen LogP contribution in [0, 0.1) is 0 Å². The van der Waals surface area contributed by atoms with E-state index in [9.17, 15) is 5.11 Å². The van der Waals surface area contributed by atoms with E-state index in [1.165, 1.54) is 0 Å². The lowest BCUT2D eigenvalue weighted by Crippen LogP contribution is -2.03. The quantitative estimate of drug-likeness (QED) is 0.807. The maximum absolute atomic E-state index is 9.46. The van der Waals surface area contributed by atoms with E-state index in [0.29, 0.717) is 18.2 Å². The van der Waals surface area contributed by atoms with Gasteiger partial charge in [-0.3, -0.25) is 0 Å². The molecule has 0 spiro atoms. The zero-order valence-electron chi connectivity index (χ0n) is 11.0. The van der Waals surface area contributed by atoms with Gasteiger partial charge in [-0.1, -0.05) is 23.7 Å². The predicted molar refractivity (Wildman–Crippen MR) is 85.8 cm³/mol. The summed E-state index contributed by atoms with van der Waals surface area (Å²) in [5.41, 5.74) is 1.79. The molecule has 0 fully saturated rings. The smallest absolute Gasteiger partial charge is 0.156 e. The summed E-state index contributed by atoms with van der Waals surface area (Å²) in [6, 6.07) is 10.7. The Morgan fingerprint density at radius 1 is 1.30 bits per heavy atom. The number of phenols is 1. The van der Waals surface area contributed by atoms with Crippen molar-refractivity contribution < 1.29 is 9.84 Å². The fourth-order valence-corrected chi connectivity index (χ4v) is 2.77. The minimum atomic E-state index is 0.251. The van der Waals surface area contributed by atoms with Gasteiger partial charge in [-0.15, -0.1) is 0 Å². The summed E-state index contributed by atoms with van der Waals surface area (Å²) in [4.78, 5) is 0. The van der Waals surface area contributed by atoms with Crippen LogP contribution in [-0.4, -0.2) is 11.7 Å². The number of aromatic hydroxyl groups is 1. The highest BCUT2D eigenvalue weighted by molar-refractivity contribution is 9.10. The molecule has 0 aromatic heterocycles. The number of anilines is 1. The molecule has 0 unspecified atom stereocenters. The molecule has 2 aromatic rings. The number of phenolic OH excluding ortho intramolecular Hbond substituents is 1. The minimum Gasteiger partial charge on any atom is -0.508 e. The lowest BCUT2D eigenvalue weighted by molar-refractivity contribution is 0.339. The lowest BCUT2D eigenvalue weighted by atomic mass is 10.2. The third-order valence-corrected chi connectivity index (χ3v) is 3.50. The molecule has 5 heteroatoms. The molecule has 0 aliphatic heterocycles. The molecule has 0 amide bonds. The Hall–Kier alpha value is -1.39. The summed E-state index contributed by atoms with van der Waals surface area (Å²) < 4.78 is 6.43. The van der Waals surface area contributed by atoms with Crippen molar-refractivity contribution in [2.75, 3.05) is 11.9 Å². The van der Waals surface area contributed by atoms with Crippen molar-refractivity contribution in [3.8, 4) is 11.5 Å². The Morgan fingerprint density at radius 2 is 2.10 bits per heavy atom. The van der Waals surface area contributed by atoms with Crippen molar-refractivity contribution >= 4 is 33.2 Å². The van der Waals surface area contributed by atoms with E-state index in [0.717, 1.165) is 21.5 Å². The molecule has 0 heterocycles. The van der Waals surface area contributed by atoms with Crippen molar-refractivity contribution in [2.45, 2.75) is 13.5 Å². The fourth-order valence-electron chi connectivity index (χ4n) is 1.85. The van der Waals surface area contributed by atoms with Crippen molar-refractivity contribution in [1.82, 2.24) is 0 Å². The Kier molecular flexibility index (Phi) is 5.15. The van der Waals surface area contributed by atoms with Gasteiger partial charge >= 0.3 is 0 Å². The van der Waals surface area contributed by atoms with Gasteiger partial charge in [-0.25, -0.2) is 0 Å². The van der Waals surface area contributed by atoms with Gasteiger partial charge in [0.25, 0.3) is 0 Å². The topological polar surface area (TPSA) is 41.5 Å². The van der Waals surface area contributed by atoms with E-state index in [1.54, 1.807) is 18.2 Å². The third-order valence-electron chi connectivity index (χ3n) is 2.69. The van der Waals surface area contributed by atoms with Gasteiger partial charge in [0.15, 0.2) is 5.75 Å². The lowest BCUT2D eigenvalue weighted by Gasteiger charge is -2.14. The number of nitrogens with one attached hydrogen (secondary N) is 1. The molecule has 20 heavy (non-hydrogen) atoms. The van der Waals surface area contributed by atoms with Crippen LogP contribution in [0.4, 0.5) is 5.69 Å². The molecule has 2 N–H and O–H groups in total. The third kappa shape index (κ3) is 3.81. The summed E-state index contributed by atoms with van der Waals surface area (Å²) in [6.07, 6.45) is 0. The first-order chi connectivity index (χ1) is 9.60. The van der Waals surface area contributed by atoms with E-state index >= 15 is 0 Å². The van der Waals surface area contributed by atoms with Gasteiger partial charge in [0, 0.05) is 11.6 Å².